The Hall–Kier alpha value is -2.75. The van der Waals surface area contributed by atoms with E-state index in [4.69, 9.17) is 16.3 Å². The number of ether oxygens (including phenoxy) is 1. The van der Waals surface area contributed by atoms with Crippen LogP contribution in [0, 0.1) is 11.3 Å². The lowest BCUT2D eigenvalue weighted by molar-refractivity contribution is 0.483. The molecular formula is C18H12ClN3O2S. The topological polar surface area (TPSA) is 78.8 Å². The normalized spacial score (nSPS) is 10.3. The second-order valence-corrected chi connectivity index (χ2v) is 6.17. The summed E-state index contributed by atoms with van der Waals surface area (Å²) < 4.78 is 5.74. The molecule has 2 aromatic carbocycles. The number of hydrogen-bond donors (Lipinski definition) is 1. The van der Waals surface area contributed by atoms with Gasteiger partial charge in [-0.1, -0.05) is 35.5 Å². The quantitative estimate of drug-likeness (QED) is 0.542. The van der Waals surface area contributed by atoms with Crippen LogP contribution >= 0.6 is 23.4 Å². The van der Waals surface area contributed by atoms with Gasteiger partial charge in [0.05, 0.1) is 10.7 Å². The summed E-state index contributed by atoms with van der Waals surface area (Å²) >= 11 is 7.38. The van der Waals surface area contributed by atoms with Gasteiger partial charge in [-0.2, -0.15) is 5.26 Å². The fourth-order valence-electron chi connectivity index (χ4n) is 2.20. The molecule has 0 saturated carbocycles. The number of aromatic amines is 1. The number of aromatic nitrogens is 2. The number of nitrogens with zero attached hydrogens (tertiary/aromatic N) is 2. The number of rotatable bonds is 4. The summed E-state index contributed by atoms with van der Waals surface area (Å²) in [5, 5.41) is 10.2. The maximum absolute atomic E-state index is 12.0. The molecule has 0 fully saturated rings. The first kappa shape index (κ1) is 17.1. The molecule has 0 atom stereocenters. The molecule has 0 aliphatic rings. The van der Waals surface area contributed by atoms with Gasteiger partial charge in [0, 0.05) is 5.56 Å². The van der Waals surface area contributed by atoms with E-state index in [0.29, 0.717) is 32.9 Å². The van der Waals surface area contributed by atoms with E-state index in [1.807, 2.05) is 18.2 Å². The van der Waals surface area contributed by atoms with Gasteiger partial charge in [-0.3, -0.25) is 4.79 Å². The standard InChI is InChI=1S/C18H12ClN3O2S/c1-25-18-21-16(13(10-20)17(23)22-18)11-6-8-12(9-7-11)24-15-5-3-2-4-14(15)19/h2-9H,1H3,(H,21,22,23). The molecule has 25 heavy (non-hydrogen) atoms. The van der Waals surface area contributed by atoms with Crippen molar-refractivity contribution in [2.75, 3.05) is 6.26 Å². The van der Waals surface area contributed by atoms with Crippen LogP contribution in [0.1, 0.15) is 5.56 Å². The molecule has 124 valence electrons. The van der Waals surface area contributed by atoms with Crippen LogP contribution in [0.3, 0.4) is 0 Å². The van der Waals surface area contributed by atoms with Crippen LogP contribution in [0.25, 0.3) is 11.3 Å². The van der Waals surface area contributed by atoms with E-state index >= 15 is 0 Å². The van der Waals surface area contributed by atoms with Crippen molar-refractivity contribution in [1.29, 1.82) is 5.26 Å². The number of hydrogen-bond acceptors (Lipinski definition) is 5. The second-order valence-electron chi connectivity index (χ2n) is 4.97. The number of nitriles is 1. The van der Waals surface area contributed by atoms with E-state index in [1.165, 1.54) is 11.8 Å². The lowest BCUT2D eigenvalue weighted by Gasteiger charge is -2.09. The number of benzene rings is 2. The highest BCUT2D eigenvalue weighted by atomic mass is 35.5. The van der Waals surface area contributed by atoms with Gasteiger partial charge in [0.15, 0.2) is 5.16 Å². The molecule has 7 heteroatoms. The summed E-state index contributed by atoms with van der Waals surface area (Å²) in [6.07, 6.45) is 1.80. The molecule has 1 N–H and O–H groups in total. The van der Waals surface area contributed by atoms with E-state index in [-0.39, 0.29) is 5.56 Å². The first-order valence-electron chi connectivity index (χ1n) is 7.23. The van der Waals surface area contributed by atoms with Crippen LogP contribution in [-0.2, 0) is 0 Å². The highest BCUT2D eigenvalue weighted by Gasteiger charge is 2.13. The minimum absolute atomic E-state index is 0.0161. The highest BCUT2D eigenvalue weighted by molar-refractivity contribution is 7.98. The Labute approximate surface area is 153 Å². The molecule has 0 spiro atoms. The van der Waals surface area contributed by atoms with Gasteiger partial charge >= 0.3 is 0 Å². The molecule has 1 aromatic heterocycles. The number of nitrogens with one attached hydrogen (secondary N) is 1. The Bertz CT molecular complexity index is 1010. The van der Waals surface area contributed by atoms with Crippen LogP contribution in [-0.4, -0.2) is 16.2 Å². The fourth-order valence-corrected chi connectivity index (χ4v) is 2.75. The minimum atomic E-state index is -0.451. The first-order chi connectivity index (χ1) is 12.1. The average Bonchev–Trinajstić information content (AvgIpc) is 2.63. The first-order valence-corrected chi connectivity index (χ1v) is 8.84. The van der Waals surface area contributed by atoms with E-state index < -0.39 is 5.56 Å². The number of para-hydroxylation sites is 1. The number of H-pyrrole nitrogens is 1. The molecule has 0 saturated heterocycles. The fraction of sp³-hybridized carbons (Fsp3) is 0.0556. The zero-order chi connectivity index (χ0) is 17.8. The van der Waals surface area contributed by atoms with E-state index in [0.717, 1.165) is 0 Å². The molecule has 0 aliphatic heterocycles. The van der Waals surface area contributed by atoms with Crippen molar-refractivity contribution in [3.05, 3.63) is 69.5 Å². The molecule has 0 aliphatic carbocycles. The highest BCUT2D eigenvalue weighted by Crippen LogP contribution is 2.30. The van der Waals surface area contributed by atoms with Crippen molar-refractivity contribution < 1.29 is 4.74 Å². The molecule has 1 heterocycles. The third kappa shape index (κ3) is 3.68. The molecule has 5 nitrogen and oxygen atoms in total. The van der Waals surface area contributed by atoms with Crippen LogP contribution in [0.15, 0.2) is 58.5 Å². The smallest absolute Gasteiger partial charge is 0.270 e. The van der Waals surface area contributed by atoms with Gasteiger partial charge in [0.25, 0.3) is 5.56 Å². The lowest BCUT2D eigenvalue weighted by Crippen LogP contribution is -2.14. The van der Waals surface area contributed by atoms with E-state index in [1.54, 1.807) is 42.7 Å². The van der Waals surface area contributed by atoms with Gasteiger partial charge < -0.3 is 9.72 Å². The number of halogens is 1. The average molecular weight is 370 g/mol. The van der Waals surface area contributed by atoms with Gasteiger partial charge in [-0.25, -0.2) is 4.98 Å². The predicted molar refractivity (Wildman–Crippen MR) is 98.3 cm³/mol. The van der Waals surface area contributed by atoms with Crippen LogP contribution in [0.2, 0.25) is 5.02 Å². The van der Waals surface area contributed by atoms with Crippen molar-refractivity contribution in [3.8, 4) is 28.8 Å². The van der Waals surface area contributed by atoms with Crippen LogP contribution in [0.4, 0.5) is 0 Å². The number of thioether (sulfide) groups is 1. The summed E-state index contributed by atoms with van der Waals surface area (Å²) in [7, 11) is 0. The van der Waals surface area contributed by atoms with Crippen molar-refractivity contribution in [3.63, 3.8) is 0 Å². The van der Waals surface area contributed by atoms with Gasteiger partial charge in [0.2, 0.25) is 0 Å². The molecule has 3 aromatic rings. The Morgan fingerprint density at radius 3 is 2.56 bits per heavy atom. The Balaban J connectivity index is 1.96. The minimum Gasteiger partial charge on any atom is -0.456 e. The van der Waals surface area contributed by atoms with E-state index in [9.17, 15) is 10.1 Å². The van der Waals surface area contributed by atoms with Crippen LogP contribution < -0.4 is 10.3 Å². The van der Waals surface area contributed by atoms with Gasteiger partial charge in [0.1, 0.15) is 23.1 Å². The Morgan fingerprint density at radius 1 is 1.20 bits per heavy atom. The summed E-state index contributed by atoms with van der Waals surface area (Å²) in [5.41, 5.74) is 0.537. The SMILES string of the molecule is CSc1nc(-c2ccc(Oc3ccccc3Cl)cc2)c(C#N)c(=O)[nH]1. The Morgan fingerprint density at radius 2 is 1.92 bits per heavy atom. The third-order valence-corrected chi connectivity index (χ3v) is 4.29. The predicted octanol–water partition coefficient (Wildman–Crippen LogP) is 4.48. The van der Waals surface area contributed by atoms with Crippen molar-refractivity contribution in [2.24, 2.45) is 0 Å². The Kier molecular flexibility index (Phi) is 5.08. The zero-order valence-corrected chi connectivity index (χ0v) is 14.7. The van der Waals surface area contributed by atoms with Crippen molar-refractivity contribution in [1.82, 2.24) is 9.97 Å². The van der Waals surface area contributed by atoms with Crippen molar-refractivity contribution >= 4 is 23.4 Å². The maximum atomic E-state index is 12.0. The molecule has 0 unspecified atom stereocenters. The van der Waals surface area contributed by atoms with Gasteiger partial charge in [-0.05, 0) is 42.7 Å². The largest absolute Gasteiger partial charge is 0.456 e. The molecule has 3 rings (SSSR count). The second kappa shape index (κ2) is 7.43. The maximum Gasteiger partial charge on any atom is 0.270 e. The molecule has 0 radical (unpaired) electrons. The summed E-state index contributed by atoms with van der Waals surface area (Å²) in [5.74, 6) is 1.14. The molecule has 0 bridgehead atoms. The monoisotopic (exact) mass is 369 g/mol. The third-order valence-electron chi connectivity index (χ3n) is 3.40. The van der Waals surface area contributed by atoms with Gasteiger partial charge in [-0.15, -0.1) is 0 Å². The van der Waals surface area contributed by atoms with E-state index in [2.05, 4.69) is 9.97 Å². The van der Waals surface area contributed by atoms with Crippen molar-refractivity contribution in [2.45, 2.75) is 5.16 Å². The zero-order valence-electron chi connectivity index (χ0n) is 13.1. The van der Waals surface area contributed by atoms with Crippen LogP contribution in [0.5, 0.6) is 11.5 Å². The lowest BCUT2D eigenvalue weighted by atomic mass is 10.1. The summed E-state index contributed by atoms with van der Waals surface area (Å²) in [6, 6.07) is 16.1. The molecule has 0 amide bonds. The summed E-state index contributed by atoms with van der Waals surface area (Å²) in [6.45, 7) is 0. The summed E-state index contributed by atoms with van der Waals surface area (Å²) in [4.78, 5) is 18.9. The molecular weight excluding hydrogens is 358 g/mol.